The lowest BCUT2D eigenvalue weighted by atomic mass is 10.1. The first kappa shape index (κ1) is 15.4. The molecule has 0 amide bonds. The van der Waals surface area contributed by atoms with Gasteiger partial charge in [0.15, 0.2) is 5.75 Å². The first-order valence-electron chi connectivity index (χ1n) is 6.16. The van der Waals surface area contributed by atoms with Crippen LogP contribution in [0, 0.1) is 10.1 Å². The van der Waals surface area contributed by atoms with Gasteiger partial charge in [0, 0.05) is 12.6 Å². The highest BCUT2D eigenvalue weighted by Crippen LogP contribution is 2.29. The number of hydrogen-bond donors (Lipinski definition) is 2. The van der Waals surface area contributed by atoms with E-state index in [1.165, 1.54) is 6.07 Å². The molecule has 1 rings (SSSR count). The summed E-state index contributed by atoms with van der Waals surface area (Å²) in [5.41, 5.74) is -0.196. The highest BCUT2D eigenvalue weighted by Gasteiger charge is 2.22. The van der Waals surface area contributed by atoms with Crippen molar-refractivity contribution in [2.24, 2.45) is 0 Å². The van der Waals surface area contributed by atoms with Crippen LogP contribution >= 0.6 is 0 Å². The van der Waals surface area contributed by atoms with Gasteiger partial charge in [0.25, 0.3) is 0 Å². The van der Waals surface area contributed by atoms with Gasteiger partial charge in [-0.15, -0.1) is 0 Å². The maximum atomic E-state index is 10.9. The topological polar surface area (TPSA) is 84.6 Å². The molecule has 0 saturated heterocycles. The molecule has 1 aromatic carbocycles. The zero-order valence-electron chi connectivity index (χ0n) is 11.5. The summed E-state index contributed by atoms with van der Waals surface area (Å²) in [6.07, 6.45) is 0.511. The predicted octanol–water partition coefficient (Wildman–Crippen LogP) is 1.85. The van der Waals surface area contributed by atoms with Gasteiger partial charge >= 0.3 is 5.69 Å². The van der Waals surface area contributed by atoms with E-state index in [2.05, 4.69) is 5.32 Å². The molecule has 6 heteroatoms. The van der Waals surface area contributed by atoms with Crippen molar-refractivity contribution in [2.45, 2.75) is 32.4 Å². The van der Waals surface area contributed by atoms with Crippen LogP contribution < -0.4 is 10.1 Å². The molecule has 0 heterocycles. The van der Waals surface area contributed by atoms with Crippen molar-refractivity contribution in [3.8, 4) is 5.75 Å². The van der Waals surface area contributed by atoms with Gasteiger partial charge in [0.2, 0.25) is 0 Å². The van der Waals surface area contributed by atoms with Crippen molar-refractivity contribution in [1.82, 2.24) is 5.32 Å². The van der Waals surface area contributed by atoms with Crippen molar-refractivity contribution in [2.75, 3.05) is 13.7 Å². The molecule has 0 fully saturated rings. The van der Waals surface area contributed by atoms with E-state index < -0.39 is 10.5 Å². The molecule has 0 saturated carbocycles. The summed E-state index contributed by atoms with van der Waals surface area (Å²) >= 11 is 0. The van der Waals surface area contributed by atoms with E-state index >= 15 is 0 Å². The molecule has 0 aliphatic heterocycles. The molecule has 0 aliphatic carbocycles. The molecule has 0 aliphatic rings. The van der Waals surface area contributed by atoms with E-state index in [0.717, 1.165) is 5.56 Å². The Bertz CT molecular complexity index is 446. The number of nitro groups is 1. The Hall–Kier alpha value is -1.66. The van der Waals surface area contributed by atoms with E-state index in [-0.39, 0.29) is 18.0 Å². The molecule has 6 nitrogen and oxygen atoms in total. The number of benzene rings is 1. The Balaban J connectivity index is 2.94. The van der Waals surface area contributed by atoms with Crippen molar-refractivity contribution < 1.29 is 14.8 Å². The van der Waals surface area contributed by atoms with Crippen LogP contribution in [-0.2, 0) is 6.54 Å². The standard InChI is InChI=1S/C13H20N2O4/c1-4-13(2,16)9-19-12-7-10(8-14-3)5-6-11(12)15(17)18/h5-7,14,16H,4,8-9H2,1-3H3. The fourth-order valence-corrected chi connectivity index (χ4v) is 1.47. The third-order valence-electron chi connectivity index (χ3n) is 2.90. The zero-order chi connectivity index (χ0) is 14.5. The van der Waals surface area contributed by atoms with Crippen molar-refractivity contribution in [1.29, 1.82) is 0 Å². The van der Waals surface area contributed by atoms with E-state index in [4.69, 9.17) is 4.74 Å². The number of nitrogens with one attached hydrogen (secondary N) is 1. The van der Waals surface area contributed by atoms with Gasteiger partial charge in [0.05, 0.1) is 10.5 Å². The Labute approximate surface area is 112 Å². The number of nitrogens with zero attached hydrogens (tertiary/aromatic N) is 1. The normalized spacial score (nSPS) is 13.9. The summed E-state index contributed by atoms with van der Waals surface area (Å²) < 4.78 is 5.42. The van der Waals surface area contributed by atoms with Crippen LogP contribution in [0.2, 0.25) is 0 Å². The largest absolute Gasteiger partial charge is 0.484 e. The molecular weight excluding hydrogens is 248 g/mol. The minimum atomic E-state index is -0.993. The van der Waals surface area contributed by atoms with E-state index in [0.29, 0.717) is 13.0 Å². The molecule has 2 N–H and O–H groups in total. The Morgan fingerprint density at radius 3 is 2.74 bits per heavy atom. The van der Waals surface area contributed by atoms with Gasteiger partial charge in [-0.2, -0.15) is 0 Å². The Kier molecular flexibility index (Phi) is 5.26. The molecule has 0 spiro atoms. The summed E-state index contributed by atoms with van der Waals surface area (Å²) in [5, 5.41) is 23.8. The highest BCUT2D eigenvalue weighted by molar-refractivity contribution is 5.48. The Morgan fingerprint density at radius 2 is 2.21 bits per heavy atom. The fraction of sp³-hybridized carbons (Fsp3) is 0.538. The molecule has 1 unspecified atom stereocenters. The number of nitro benzene ring substituents is 1. The average molecular weight is 268 g/mol. The molecule has 0 aromatic heterocycles. The summed E-state index contributed by atoms with van der Waals surface area (Å²) in [7, 11) is 1.80. The first-order valence-corrected chi connectivity index (χ1v) is 6.16. The van der Waals surface area contributed by atoms with Gasteiger partial charge in [-0.1, -0.05) is 13.0 Å². The smallest absolute Gasteiger partial charge is 0.310 e. The van der Waals surface area contributed by atoms with Gasteiger partial charge < -0.3 is 15.2 Å². The number of hydrogen-bond acceptors (Lipinski definition) is 5. The van der Waals surface area contributed by atoms with Crippen LogP contribution in [0.25, 0.3) is 0 Å². The van der Waals surface area contributed by atoms with Crippen molar-refractivity contribution in [3.63, 3.8) is 0 Å². The van der Waals surface area contributed by atoms with Gasteiger partial charge in [-0.25, -0.2) is 0 Å². The molecule has 0 bridgehead atoms. The van der Waals surface area contributed by atoms with Crippen LogP contribution in [0.15, 0.2) is 18.2 Å². The maximum Gasteiger partial charge on any atom is 0.310 e. The molecule has 19 heavy (non-hydrogen) atoms. The first-order chi connectivity index (χ1) is 8.89. The van der Waals surface area contributed by atoms with Crippen molar-refractivity contribution >= 4 is 5.69 Å². The fourth-order valence-electron chi connectivity index (χ4n) is 1.47. The average Bonchev–Trinajstić information content (AvgIpc) is 2.37. The van der Waals surface area contributed by atoms with E-state index in [9.17, 15) is 15.2 Å². The van der Waals surface area contributed by atoms with Gasteiger partial charge in [-0.3, -0.25) is 10.1 Å². The van der Waals surface area contributed by atoms with E-state index in [1.807, 2.05) is 6.92 Å². The second-order valence-corrected chi connectivity index (χ2v) is 4.73. The van der Waals surface area contributed by atoms with Gasteiger partial charge in [0.1, 0.15) is 6.61 Å². The van der Waals surface area contributed by atoms with Crippen LogP contribution in [0.3, 0.4) is 0 Å². The van der Waals surface area contributed by atoms with Crippen molar-refractivity contribution in [3.05, 3.63) is 33.9 Å². The zero-order valence-corrected chi connectivity index (χ0v) is 11.5. The molecule has 1 aromatic rings. The highest BCUT2D eigenvalue weighted by atomic mass is 16.6. The molecule has 0 radical (unpaired) electrons. The maximum absolute atomic E-state index is 10.9. The van der Waals surface area contributed by atoms with Crippen LogP contribution in [0.4, 0.5) is 5.69 Å². The number of rotatable bonds is 7. The second-order valence-electron chi connectivity index (χ2n) is 4.73. The SMILES string of the molecule is CCC(C)(O)COc1cc(CNC)ccc1[N+](=O)[O-]. The van der Waals surface area contributed by atoms with Gasteiger partial charge in [-0.05, 0) is 32.0 Å². The lowest BCUT2D eigenvalue weighted by molar-refractivity contribution is -0.386. The molecule has 1 atom stereocenters. The summed E-state index contributed by atoms with van der Waals surface area (Å²) in [6, 6.07) is 4.72. The minimum Gasteiger partial charge on any atom is -0.484 e. The van der Waals surface area contributed by atoms with Crippen LogP contribution in [0.5, 0.6) is 5.75 Å². The van der Waals surface area contributed by atoms with E-state index in [1.54, 1.807) is 26.1 Å². The van der Waals surface area contributed by atoms with Crippen LogP contribution in [0.1, 0.15) is 25.8 Å². The quantitative estimate of drug-likeness (QED) is 0.582. The lowest BCUT2D eigenvalue weighted by Crippen LogP contribution is -2.31. The third-order valence-corrected chi connectivity index (χ3v) is 2.90. The summed E-state index contributed by atoms with van der Waals surface area (Å²) in [6.45, 7) is 4.08. The molecular formula is C13H20N2O4. The van der Waals surface area contributed by atoms with Crippen LogP contribution in [-0.4, -0.2) is 29.3 Å². The number of ether oxygens (including phenoxy) is 1. The Morgan fingerprint density at radius 1 is 1.53 bits per heavy atom. The number of aliphatic hydroxyl groups is 1. The molecule has 106 valence electrons. The summed E-state index contributed by atoms with van der Waals surface area (Å²) in [5.74, 6) is 0.187. The monoisotopic (exact) mass is 268 g/mol. The minimum absolute atomic E-state index is 0.0212. The third kappa shape index (κ3) is 4.50. The summed E-state index contributed by atoms with van der Waals surface area (Å²) in [4.78, 5) is 10.4. The second kappa shape index (κ2) is 6.49. The predicted molar refractivity (Wildman–Crippen MR) is 72.3 cm³/mol. The lowest BCUT2D eigenvalue weighted by Gasteiger charge is -2.21.